The summed E-state index contributed by atoms with van der Waals surface area (Å²) in [4.78, 5) is 14.9. The molecule has 140 valence electrons. The molecule has 8 heteroatoms. The Kier molecular flexibility index (Phi) is 5.15. The first-order valence-electron chi connectivity index (χ1n) is 8.68. The molecule has 0 aliphatic carbocycles. The Labute approximate surface area is 153 Å². The summed E-state index contributed by atoms with van der Waals surface area (Å²) in [5.74, 6) is 0.244. The molecule has 0 saturated carbocycles. The summed E-state index contributed by atoms with van der Waals surface area (Å²) in [6.07, 6.45) is 6.23. The highest BCUT2D eigenvalue weighted by molar-refractivity contribution is 7.90. The summed E-state index contributed by atoms with van der Waals surface area (Å²) in [7, 11) is -3.41. The zero-order valence-corrected chi connectivity index (χ0v) is 15.8. The maximum absolute atomic E-state index is 12.9. The number of nitrogens with zero attached hydrogens (tertiary/aromatic N) is 3. The molecule has 2 unspecified atom stereocenters. The molecule has 1 aromatic carbocycles. The Bertz CT molecular complexity index is 907. The SMILES string of the molecule is CC1CCCN(C(=O)c2cnn(-c3ccccc3S(C)(=O)=O)c2)C1CN. The smallest absolute Gasteiger partial charge is 0.257 e. The first kappa shape index (κ1) is 18.6. The van der Waals surface area contributed by atoms with E-state index in [0.717, 1.165) is 19.1 Å². The number of aromatic nitrogens is 2. The summed E-state index contributed by atoms with van der Waals surface area (Å²) in [6.45, 7) is 3.22. The molecule has 1 aliphatic rings. The van der Waals surface area contributed by atoms with E-state index in [2.05, 4.69) is 12.0 Å². The molecule has 2 N–H and O–H groups in total. The van der Waals surface area contributed by atoms with E-state index >= 15 is 0 Å². The maximum Gasteiger partial charge on any atom is 0.257 e. The van der Waals surface area contributed by atoms with E-state index in [4.69, 9.17) is 5.73 Å². The lowest BCUT2D eigenvalue weighted by Gasteiger charge is -2.39. The van der Waals surface area contributed by atoms with Gasteiger partial charge >= 0.3 is 0 Å². The minimum absolute atomic E-state index is 0.0166. The molecule has 2 atom stereocenters. The van der Waals surface area contributed by atoms with Crippen LogP contribution in [0.2, 0.25) is 0 Å². The number of hydrogen-bond acceptors (Lipinski definition) is 5. The standard InChI is InChI=1S/C18H24N4O3S/c1-13-6-5-9-21(16(13)10-19)18(23)14-11-20-22(12-14)15-7-3-4-8-17(15)26(2,24)25/h3-4,7-8,11-13,16H,5-6,9-10,19H2,1-2H3. The van der Waals surface area contributed by atoms with Gasteiger partial charge in [-0.05, 0) is 30.9 Å². The van der Waals surface area contributed by atoms with Crippen molar-refractivity contribution < 1.29 is 13.2 Å². The minimum atomic E-state index is -3.41. The summed E-state index contributed by atoms with van der Waals surface area (Å²) >= 11 is 0. The fraction of sp³-hybridized carbons (Fsp3) is 0.444. The third-order valence-electron chi connectivity index (χ3n) is 4.96. The average molecular weight is 376 g/mol. The molecule has 1 amide bonds. The highest BCUT2D eigenvalue weighted by Gasteiger charge is 2.32. The molecular formula is C18H24N4O3S. The predicted molar refractivity (Wildman–Crippen MR) is 99.0 cm³/mol. The molecule has 3 rings (SSSR count). The van der Waals surface area contributed by atoms with E-state index in [0.29, 0.717) is 30.3 Å². The molecule has 26 heavy (non-hydrogen) atoms. The lowest BCUT2D eigenvalue weighted by molar-refractivity contribution is 0.0532. The second-order valence-corrected chi connectivity index (χ2v) is 8.82. The van der Waals surface area contributed by atoms with Crippen LogP contribution in [0.15, 0.2) is 41.6 Å². The van der Waals surface area contributed by atoms with Gasteiger partial charge in [0, 0.05) is 31.6 Å². The van der Waals surface area contributed by atoms with Crippen molar-refractivity contribution in [3.63, 3.8) is 0 Å². The van der Waals surface area contributed by atoms with Crippen molar-refractivity contribution in [2.45, 2.75) is 30.7 Å². The van der Waals surface area contributed by atoms with Crippen LogP contribution in [0.1, 0.15) is 30.1 Å². The van der Waals surface area contributed by atoms with Gasteiger partial charge in [0.05, 0.1) is 22.3 Å². The molecule has 1 fully saturated rings. The number of nitrogens with two attached hydrogens (primary N) is 1. The zero-order chi connectivity index (χ0) is 18.9. The van der Waals surface area contributed by atoms with Gasteiger partial charge in [0.2, 0.25) is 0 Å². The molecule has 0 bridgehead atoms. The van der Waals surface area contributed by atoms with Crippen molar-refractivity contribution in [3.8, 4) is 5.69 Å². The van der Waals surface area contributed by atoms with Gasteiger partial charge in [-0.15, -0.1) is 0 Å². The maximum atomic E-state index is 12.9. The molecule has 2 aromatic rings. The van der Waals surface area contributed by atoms with Gasteiger partial charge in [0.25, 0.3) is 5.91 Å². The van der Waals surface area contributed by atoms with Crippen LogP contribution >= 0.6 is 0 Å². The largest absolute Gasteiger partial charge is 0.334 e. The number of para-hydroxylation sites is 1. The number of likely N-dealkylation sites (tertiary alicyclic amines) is 1. The topological polar surface area (TPSA) is 98.3 Å². The van der Waals surface area contributed by atoms with E-state index in [1.807, 2.05) is 4.90 Å². The van der Waals surface area contributed by atoms with Gasteiger partial charge in [0.1, 0.15) is 0 Å². The van der Waals surface area contributed by atoms with Crippen LogP contribution in [0.5, 0.6) is 0 Å². The number of amides is 1. The molecule has 1 aromatic heterocycles. The molecule has 0 radical (unpaired) electrons. The van der Waals surface area contributed by atoms with Crippen LogP contribution in [0.4, 0.5) is 0 Å². The van der Waals surface area contributed by atoms with Gasteiger partial charge in [-0.3, -0.25) is 4.79 Å². The number of carbonyl (C=O) groups is 1. The van der Waals surface area contributed by atoms with Crippen LogP contribution < -0.4 is 5.73 Å². The normalized spacial score (nSPS) is 21.0. The molecule has 1 saturated heterocycles. The van der Waals surface area contributed by atoms with Crippen molar-refractivity contribution in [3.05, 3.63) is 42.2 Å². The van der Waals surface area contributed by atoms with Gasteiger partial charge in [-0.2, -0.15) is 5.10 Å². The van der Waals surface area contributed by atoms with Crippen LogP contribution in [0, 0.1) is 5.92 Å². The van der Waals surface area contributed by atoms with Crippen LogP contribution in [-0.4, -0.2) is 54.4 Å². The second kappa shape index (κ2) is 7.20. The molecule has 0 spiro atoms. The second-order valence-electron chi connectivity index (χ2n) is 6.83. The Morgan fingerprint density at radius 1 is 1.35 bits per heavy atom. The van der Waals surface area contributed by atoms with Crippen molar-refractivity contribution in [1.82, 2.24) is 14.7 Å². The Morgan fingerprint density at radius 3 is 2.77 bits per heavy atom. The Balaban J connectivity index is 1.93. The van der Waals surface area contributed by atoms with Crippen molar-refractivity contribution >= 4 is 15.7 Å². The first-order valence-corrected chi connectivity index (χ1v) is 10.6. The van der Waals surface area contributed by atoms with Crippen molar-refractivity contribution in [2.75, 3.05) is 19.3 Å². The van der Waals surface area contributed by atoms with Crippen molar-refractivity contribution in [1.29, 1.82) is 0 Å². The van der Waals surface area contributed by atoms with Gasteiger partial charge in [-0.1, -0.05) is 19.1 Å². The lowest BCUT2D eigenvalue weighted by Crippen LogP contribution is -2.51. The number of hydrogen-bond donors (Lipinski definition) is 1. The highest BCUT2D eigenvalue weighted by atomic mass is 32.2. The van der Waals surface area contributed by atoms with Crippen LogP contribution in [0.3, 0.4) is 0 Å². The van der Waals surface area contributed by atoms with E-state index in [1.165, 1.54) is 16.9 Å². The van der Waals surface area contributed by atoms with Crippen LogP contribution in [-0.2, 0) is 9.84 Å². The van der Waals surface area contributed by atoms with Crippen molar-refractivity contribution in [2.24, 2.45) is 11.7 Å². The third-order valence-corrected chi connectivity index (χ3v) is 6.10. The monoisotopic (exact) mass is 376 g/mol. The summed E-state index contributed by atoms with van der Waals surface area (Å²) in [6, 6.07) is 6.62. The predicted octanol–water partition coefficient (Wildman–Crippen LogP) is 1.48. The average Bonchev–Trinajstić information content (AvgIpc) is 3.10. The summed E-state index contributed by atoms with van der Waals surface area (Å²) < 4.78 is 25.4. The van der Waals surface area contributed by atoms with Crippen LogP contribution in [0.25, 0.3) is 5.69 Å². The number of rotatable bonds is 4. The number of sulfone groups is 1. The lowest BCUT2D eigenvalue weighted by atomic mass is 9.90. The number of carbonyl (C=O) groups excluding carboxylic acids is 1. The fourth-order valence-corrected chi connectivity index (χ4v) is 4.42. The van der Waals surface area contributed by atoms with E-state index in [-0.39, 0.29) is 16.8 Å². The minimum Gasteiger partial charge on any atom is -0.334 e. The number of benzene rings is 1. The molecule has 1 aliphatic heterocycles. The quantitative estimate of drug-likeness (QED) is 0.871. The highest BCUT2D eigenvalue weighted by Crippen LogP contribution is 2.25. The molecule has 2 heterocycles. The fourth-order valence-electron chi connectivity index (χ4n) is 3.55. The van der Waals surface area contributed by atoms with E-state index in [1.54, 1.807) is 24.4 Å². The third kappa shape index (κ3) is 3.52. The van der Waals surface area contributed by atoms with Gasteiger partial charge in [0.15, 0.2) is 9.84 Å². The van der Waals surface area contributed by atoms with E-state index in [9.17, 15) is 13.2 Å². The molecule has 7 nitrogen and oxygen atoms in total. The first-order chi connectivity index (χ1) is 12.3. The van der Waals surface area contributed by atoms with Gasteiger partial charge < -0.3 is 10.6 Å². The van der Waals surface area contributed by atoms with E-state index < -0.39 is 9.84 Å². The zero-order valence-electron chi connectivity index (χ0n) is 15.0. The molecular weight excluding hydrogens is 352 g/mol. The van der Waals surface area contributed by atoms with Gasteiger partial charge in [-0.25, -0.2) is 13.1 Å². The summed E-state index contributed by atoms with van der Waals surface area (Å²) in [5, 5.41) is 4.22. The number of piperidine rings is 1. The Hall–Kier alpha value is -2.19. The Morgan fingerprint density at radius 2 is 2.08 bits per heavy atom. The summed E-state index contributed by atoms with van der Waals surface area (Å²) in [5.41, 5.74) is 6.74.